The van der Waals surface area contributed by atoms with Crippen LogP contribution in [0.3, 0.4) is 0 Å². The predicted molar refractivity (Wildman–Crippen MR) is 122 cm³/mol. The van der Waals surface area contributed by atoms with E-state index in [2.05, 4.69) is 5.32 Å². The van der Waals surface area contributed by atoms with Crippen molar-refractivity contribution in [2.45, 2.75) is 40.0 Å². The number of hydrogen-bond donors (Lipinski definition) is 4. The molecule has 2 aromatic rings. The van der Waals surface area contributed by atoms with E-state index in [4.69, 9.17) is 25.4 Å². The van der Waals surface area contributed by atoms with Crippen LogP contribution in [0.15, 0.2) is 48.5 Å². The van der Waals surface area contributed by atoms with Crippen LogP contribution < -0.4 is 15.8 Å². The van der Waals surface area contributed by atoms with Crippen molar-refractivity contribution < 1.29 is 28.9 Å². The topological polar surface area (TPSA) is 144 Å². The van der Waals surface area contributed by atoms with Gasteiger partial charge in [0.05, 0.1) is 13.2 Å². The number of aliphatic hydroxyl groups is 1. The number of esters is 2. The van der Waals surface area contributed by atoms with Gasteiger partial charge in [0, 0.05) is 6.54 Å². The summed E-state index contributed by atoms with van der Waals surface area (Å²) in [6.07, 6.45) is -0.846. The molecule has 9 heteroatoms. The van der Waals surface area contributed by atoms with Crippen LogP contribution in [0.4, 0.5) is 0 Å². The maximum Gasteiger partial charge on any atom is 0.335 e. The number of aryl methyl sites for hydroxylation is 1. The second kappa shape index (κ2) is 12.0. The van der Waals surface area contributed by atoms with Gasteiger partial charge in [-0.3, -0.25) is 10.2 Å². The summed E-state index contributed by atoms with van der Waals surface area (Å²) in [5.74, 6) is -1.25. The van der Waals surface area contributed by atoms with Crippen molar-refractivity contribution in [1.82, 2.24) is 5.32 Å². The maximum atomic E-state index is 12.6. The highest BCUT2D eigenvalue weighted by atomic mass is 16.6. The standard InChI is InChI=1S/C24H31N3O6/c1-16-4-6-19(7-5-16)13-31-17(2)21(29)32-15-24(3,14-28)22(30)33-20-10-8-18(9-11-20)12-27-23(25)26/h4-11,17,28H,12-15H2,1-3H3,(H4,25,26,27). The van der Waals surface area contributed by atoms with E-state index < -0.39 is 30.1 Å². The molecule has 0 amide bonds. The Morgan fingerprint density at radius 2 is 1.73 bits per heavy atom. The van der Waals surface area contributed by atoms with Gasteiger partial charge in [-0.2, -0.15) is 0 Å². The minimum atomic E-state index is -1.44. The van der Waals surface area contributed by atoms with Gasteiger partial charge in [-0.1, -0.05) is 42.0 Å². The first-order valence-corrected chi connectivity index (χ1v) is 10.5. The fourth-order valence-corrected chi connectivity index (χ4v) is 2.59. The third kappa shape index (κ3) is 8.21. The number of ether oxygens (including phenoxy) is 3. The number of rotatable bonds is 11. The van der Waals surface area contributed by atoms with Crippen molar-refractivity contribution in [2.24, 2.45) is 11.1 Å². The van der Waals surface area contributed by atoms with Gasteiger partial charge in [-0.25, -0.2) is 4.79 Å². The van der Waals surface area contributed by atoms with Gasteiger partial charge in [0.25, 0.3) is 0 Å². The average molecular weight is 458 g/mol. The van der Waals surface area contributed by atoms with E-state index in [0.717, 1.165) is 16.7 Å². The van der Waals surface area contributed by atoms with E-state index in [1.807, 2.05) is 31.2 Å². The zero-order valence-electron chi connectivity index (χ0n) is 19.1. The third-order valence-electron chi connectivity index (χ3n) is 4.94. The molecule has 0 saturated heterocycles. The van der Waals surface area contributed by atoms with Crippen LogP contribution >= 0.6 is 0 Å². The zero-order valence-corrected chi connectivity index (χ0v) is 19.1. The van der Waals surface area contributed by atoms with E-state index in [-0.39, 0.29) is 24.9 Å². The van der Waals surface area contributed by atoms with Crippen molar-refractivity contribution in [3.05, 3.63) is 65.2 Å². The normalized spacial score (nSPS) is 13.5. The zero-order chi connectivity index (χ0) is 24.4. The van der Waals surface area contributed by atoms with Crippen molar-refractivity contribution in [3.63, 3.8) is 0 Å². The molecular weight excluding hydrogens is 426 g/mol. The fourth-order valence-electron chi connectivity index (χ4n) is 2.59. The first-order valence-electron chi connectivity index (χ1n) is 10.5. The molecule has 178 valence electrons. The van der Waals surface area contributed by atoms with E-state index in [1.54, 1.807) is 31.2 Å². The molecule has 5 N–H and O–H groups in total. The fraction of sp³-hybridized carbons (Fsp3) is 0.375. The van der Waals surface area contributed by atoms with Crippen molar-refractivity contribution in [3.8, 4) is 5.75 Å². The molecule has 0 aliphatic rings. The molecule has 2 aromatic carbocycles. The highest BCUT2D eigenvalue weighted by Gasteiger charge is 2.37. The molecule has 0 aromatic heterocycles. The van der Waals surface area contributed by atoms with Crippen molar-refractivity contribution in [1.29, 1.82) is 5.41 Å². The number of guanidine groups is 1. The Morgan fingerprint density at radius 3 is 2.30 bits per heavy atom. The molecular formula is C24H31N3O6. The van der Waals surface area contributed by atoms with E-state index >= 15 is 0 Å². The molecule has 0 heterocycles. The lowest BCUT2D eigenvalue weighted by Gasteiger charge is -2.25. The minimum absolute atomic E-state index is 0.145. The van der Waals surface area contributed by atoms with Crippen molar-refractivity contribution in [2.75, 3.05) is 13.2 Å². The van der Waals surface area contributed by atoms with Crippen LogP contribution in [0, 0.1) is 17.7 Å². The summed E-state index contributed by atoms with van der Waals surface area (Å²) in [6, 6.07) is 14.3. The van der Waals surface area contributed by atoms with Gasteiger partial charge in [-0.05, 0) is 44.0 Å². The van der Waals surface area contributed by atoms with E-state index in [0.29, 0.717) is 6.54 Å². The largest absolute Gasteiger partial charge is 0.462 e. The Labute approximate surface area is 193 Å². The molecule has 2 unspecified atom stereocenters. The predicted octanol–water partition coefficient (Wildman–Crippen LogP) is 2.03. The number of benzene rings is 2. The summed E-state index contributed by atoms with van der Waals surface area (Å²) < 4.78 is 16.1. The second-order valence-corrected chi connectivity index (χ2v) is 8.07. The Bertz CT molecular complexity index is 946. The summed E-state index contributed by atoms with van der Waals surface area (Å²) in [6.45, 7) is 4.67. The molecule has 0 saturated carbocycles. The van der Waals surface area contributed by atoms with Crippen LogP contribution in [0.25, 0.3) is 0 Å². The molecule has 2 rings (SSSR count). The molecule has 0 fully saturated rings. The number of aliphatic hydroxyl groups excluding tert-OH is 1. The summed E-state index contributed by atoms with van der Waals surface area (Å²) >= 11 is 0. The van der Waals surface area contributed by atoms with E-state index in [1.165, 1.54) is 6.92 Å². The molecule has 0 aliphatic heterocycles. The first-order chi connectivity index (χ1) is 15.6. The van der Waals surface area contributed by atoms with Gasteiger partial charge >= 0.3 is 11.9 Å². The number of nitrogens with one attached hydrogen (secondary N) is 2. The molecule has 0 aliphatic carbocycles. The highest BCUT2D eigenvalue weighted by molar-refractivity contribution is 5.80. The van der Waals surface area contributed by atoms with Crippen LogP contribution in [0.2, 0.25) is 0 Å². The Kier molecular flexibility index (Phi) is 9.38. The Hall–Kier alpha value is -3.43. The van der Waals surface area contributed by atoms with Gasteiger partial charge < -0.3 is 30.4 Å². The average Bonchev–Trinajstić information content (AvgIpc) is 2.81. The Morgan fingerprint density at radius 1 is 1.12 bits per heavy atom. The van der Waals surface area contributed by atoms with Crippen LogP contribution in [-0.4, -0.2) is 42.3 Å². The molecule has 0 bridgehead atoms. The monoisotopic (exact) mass is 457 g/mol. The summed E-state index contributed by atoms with van der Waals surface area (Å²) in [4.78, 5) is 24.9. The van der Waals surface area contributed by atoms with Crippen LogP contribution in [-0.2, 0) is 32.2 Å². The van der Waals surface area contributed by atoms with Crippen LogP contribution in [0.1, 0.15) is 30.5 Å². The smallest absolute Gasteiger partial charge is 0.335 e. The Balaban J connectivity index is 1.86. The first kappa shape index (κ1) is 25.8. The SMILES string of the molecule is Cc1ccc(COC(C)C(=O)OCC(C)(CO)C(=O)Oc2ccc(CNC(=N)N)cc2)cc1. The van der Waals surface area contributed by atoms with Crippen molar-refractivity contribution >= 4 is 17.9 Å². The number of carbonyl (C=O) groups is 2. The third-order valence-corrected chi connectivity index (χ3v) is 4.94. The number of carbonyl (C=O) groups excluding carboxylic acids is 2. The second-order valence-electron chi connectivity index (χ2n) is 8.07. The summed E-state index contributed by atoms with van der Waals surface area (Å²) in [5, 5.41) is 19.6. The summed E-state index contributed by atoms with van der Waals surface area (Å²) in [5.41, 5.74) is 6.70. The number of hydrogen-bond acceptors (Lipinski definition) is 7. The number of nitrogens with two attached hydrogens (primary N) is 1. The van der Waals surface area contributed by atoms with Crippen LogP contribution in [0.5, 0.6) is 5.75 Å². The van der Waals surface area contributed by atoms with E-state index in [9.17, 15) is 14.7 Å². The molecule has 0 spiro atoms. The summed E-state index contributed by atoms with van der Waals surface area (Å²) in [7, 11) is 0. The molecule has 9 nitrogen and oxygen atoms in total. The van der Waals surface area contributed by atoms with Gasteiger partial charge in [0.2, 0.25) is 0 Å². The quantitative estimate of drug-likeness (QED) is 0.174. The van der Waals surface area contributed by atoms with Gasteiger partial charge in [-0.15, -0.1) is 0 Å². The lowest BCUT2D eigenvalue weighted by atomic mass is 9.93. The highest BCUT2D eigenvalue weighted by Crippen LogP contribution is 2.22. The molecule has 33 heavy (non-hydrogen) atoms. The lowest BCUT2D eigenvalue weighted by molar-refractivity contribution is -0.166. The molecule has 2 atom stereocenters. The molecule has 0 radical (unpaired) electrons. The minimum Gasteiger partial charge on any atom is -0.462 e. The van der Waals surface area contributed by atoms with Gasteiger partial charge in [0.1, 0.15) is 17.8 Å². The maximum absolute atomic E-state index is 12.6. The van der Waals surface area contributed by atoms with Gasteiger partial charge in [0.15, 0.2) is 12.1 Å². The lowest BCUT2D eigenvalue weighted by Crippen LogP contribution is -2.41.